The van der Waals surface area contributed by atoms with Crippen LogP contribution in [0.1, 0.15) is 16.7 Å². The third-order valence-electron chi connectivity index (χ3n) is 3.06. The van der Waals surface area contributed by atoms with Gasteiger partial charge >= 0.3 is 6.18 Å². The second kappa shape index (κ2) is 7.04. The van der Waals surface area contributed by atoms with Gasteiger partial charge in [0.15, 0.2) is 11.5 Å². The fourth-order valence-corrected chi connectivity index (χ4v) is 1.97. The molecule has 0 aliphatic heterocycles. The molecule has 23 heavy (non-hydrogen) atoms. The third-order valence-corrected chi connectivity index (χ3v) is 3.06. The van der Waals surface area contributed by atoms with Crippen LogP contribution in [-0.2, 0) is 12.8 Å². The van der Waals surface area contributed by atoms with Crippen molar-refractivity contribution in [2.75, 3.05) is 7.11 Å². The predicted molar refractivity (Wildman–Crippen MR) is 80.6 cm³/mol. The van der Waals surface area contributed by atoms with Gasteiger partial charge in [-0.15, -0.1) is 0 Å². The van der Waals surface area contributed by atoms with E-state index in [4.69, 9.17) is 15.3 Å². The summed E-state index contributed by atoms with van der Waals surface area (Å²) in [4.78, 5) is 0. The number of benzene rings is 2. The van der Waals surface area contributed by atoms with E-state index in [2.05, 4.69) is 5.10 Å². The van der Waals surface area contributed by atoms with Crippen LogP contribution in [0.15, 0.2) is 47.6 Å². The molecule has 0 aliphatic carbocycles. The molecule has 122 valence electrons. The van der Waals surface area contributed by atoms with Crippen molar-refractivity contribution in [3.63, 3.8) is 0 Å². The van der Waals surface area contributed by atoms with Gasteiger partial charge in [0.05, 0.1) is 18.9 Å². The first kappa shape index (κ1) is 16.7. The Hall–Kier alpha value is -2.70. The molecule has 0 fully saturated rings. The van der Waals surface area contributed by atoms with Crippen LogP contribution in [0.5, 0.6) is 11.5 Å². The molecule has 2 N–H and O–H groups in total. The summed E-state index contributed by atoms with van der Waals surface area (Å²) < 4.78 is 48.8. The fourth-order valence-electron chi connectivity index (χ4n) is 1.97. The third kappa shape index (κ3) is 4.38. The number of hydrogen-bond donors (Lipinski definition) is 1. The Morgan fingerprint density at radius 1 is 1.13 bits per heavy atom. The molecule has 0 saturated carbocycles. The Balaban J connectivity index is 2.19. The SMILES string of the molecule is COc1ccc(C=NN)cc1OCc1cccc(C(F)(F)F)c1. The van der Waals surface area contributed by atoms with Gasteiger partial charge in [-0.1, -0.05) is 12.1 Å². The first-order valence-electron chi connectivity index (χ1n) is 6.64. The fraction of sp³-hybridized carbons (Fsp3) is 0.188. The molecule has 0 heterocycles. The highest BCUT2D eigenvalue weighted by Crippen LogP contribution is 2.31. The van der Waals surface area contributed by atoms with E-state index in [0.29, 0.717) is 22.6 Å². The summed E-state index contributed by atoms with van der Waals surface area (Å²) in [6, 6.07) is 10.0. The van der Waals surface area contributed by atoms with Gasteiger partial charge in [-0.05, 0) is 41.5 Å². The number of nitrogens with zero attached hydrogens (tertiary/aromatic N) is 1. The van der Waals surface area contributed by atoms with Crippen LogP contribution in [0.2, 0.25) is 0 Å². The van der Waals surface area contributed by atoms with Crippen LogP contribution in [-0.4, -0.2) is 13.3 Å². The van der Waals surface area contributed by atoms with Crippen molar-refractivity contribution >= 4 is 6.21 Å². The molecule has 0 aromatic heterocycles. The minimum absolute atomic E-state index is 0.0243. The number of methoxy groups -OCH3 is 1. The molecule has 0 saturated heterocycles. The number of hydrazone groups is 1. The standard InChI is InChI=1S/C16H15F3N2O2/c1-22-14-6-5-11(9-21-20)8-15(14)23-10-12-3-2-4-13(7-12)16(17,18)19/h2-9H,10,20H2,1H3. The van der Waals surface area contributed by atoms with E-state index in [1.165, 1.54) is 19.4 Å². The Bertz CT molecular complexity index is 700. The number of ether oxygens (including phenoxy) is 2. The predicted octanol–water partition coefficient (Wildman–Crippen LogP) is 3.59. The highest BCUT2D eigenvalue weighted by Gasteiger charge is 2.30. The van der Waals surface area contributed by atoms with E-state index < -0.39 is 11.7 Å². The molecular formula is C16H15F3N2O2. The summed E-state index contributed by atoms with van der Waals surface area (Å²) in [5.41, 5.74) is 0.377. The summed E-state index contributed by atoms with van der Waals surface area (Å²) in [6.45, 7) is -0.0243. The number of rotatable bonds is 5. The highest BCUT2D eigenvalue weighted by atomic mass is 19.4. The summed E-state index contributed by atoms with van der Waals surface area (Å²) in [5.74, 6) is 5.95. The van der Waals surface area contributed by atoms with Gasteiger partial charge in [0.1, 0.15) is 6.61 Å². The second-order valence-corrected chi connectivity index (χ2v) is 4.68. The molecule has 7 heteroatoms. The Labute approximate surface area is 131 Å². The van der Waals surface area contributed by atoms with E-state index in [1.54, 1.807) is 24.3 Å². The lowest BCUT2D eigenvalue weighted by atomic mass is 10.1. The zero-order chi connectivity index (χ0) is 16.9. The van der Waals surface area contributed by atoms with Crippen LogP contribution in [0.4, 0.5) is 13.2 Å². The summed E-state index contributed by atoms with van der Waals surface area (Å²) in [7, 11) is 1.48. The lowest BCUT2D eigenvalue weighted by Crippen LogP contribution is -2.06. The lowest BCUT2D eigenvalue weighted by Gasteiger charge is -2.12. The van der Waals surface area contributed by atoms with Crippen LogP contribution in [0, 0.1) is 0 Å². The Morgan fingerprint density at radius 3 is 2.57 bits per heavy atom. The average Bonchev–Trinajstić information content (AvgIpc) is 2.53. The summed E-state index contributed by atoms with van der Waals surface area (Å²) >= 11 is 0. The number of nitrogens with two attached hydrogens (primary N) is 1. The van der Waals surface area contributed by atoms with E-state index in [0.717, 1.165) is 12.1 Å². The van der Waals surface area contributed by atoms with Crippen molar-refractivity contribution in [3.05, 3.63) is 59.2 Å². The maximum atomic E-state index is 12.7. The molecular weight excluding hydrogens is 309 g/mol. The van der Waals surface area contributed by atoms with Gasteiger partial charge in [-0.25, -0.2) is 0 Å². The van der Waals surface area contributed by atoms with E-state index in [-0.39, 0.29) is 6.61 Å². The van der Waals surface area contributed by atoms with Crippen molar-refractivity contribution in [3.8, 4) is 11.5 Å². The molecule has 0 spiro atoms. The zero-order valence-corrected chi connectivity index (χ0v) is 12.3. The molecule has 4 nitrogen and oxygen atoms in total. The first-order chi connectivity index (χ1) is 10.9. The van der Waals surface area contributed by atoms with Gasteiger partial charge in [0.25, 0.3) is 0 Å². The molecule has 0 radical (unpaired) electrons. The Kier molecular flexibility index (Phi) is 5.10. The molecule has 2 aromatic rings. The number of halogens is 3. The van der Waals surface area contributed by atoms with Gasteiger partial charge < -0.3 is 15.3 Å². The van der Waals surface area contributed by atoms with Crippen LogP contribution in [0.3, 0.4) is 0 Å². The largest absolute Gasteiger partial charge is 0.493 e. The van der Waals surface area contributed by atoms with Gasteiger partial charge in [-0.3, -0.25) is 0 Å². The molecule has 2 rings (SSSR count). The summed E-state index contributed by atoms with van der Waals surface area (Å²) in [6.07, 6.45) is -2.96. The Morgan fingerprint density at radius 2 is 1.91 bits per heavy atom. The molecule has 2 aromatic carbocycles. The maximum Gasteiger partial charge on any atom is 0.416 e. The van der Waals surface area contributed by atoms with Gasteiger partial charge in [0, 0.05) is 0 Å². The van der Waals surface area contributed by atoms with Crippen molar-refractivity contribution in [2.24, 2.45) is 10.9 Å². The number of alkyl halides is 3. The molecule has 0 bridgehead atoms. The zero-order valence-electron chi connectivity index (χ0n) is 12.3. The average molecular weight is 324 g/mol. The minimum atomic E-state index is -4.38. The van der Waals surface area contributed by atoms with E-state index in [9.17, 15) is 13.2 Å². The summed E-state index contributed by atoms with van der Waals surface area (Å²) in [5, 5.41) is 3.41. The van der Waals surface area contributed by atoms with Crippen molar-refractivity contribution < 1.29 is 22.6 Å². The van der Waals surface area contributed by atoms with E-state index >= 15 is 0 Å². The second-order valence-electron chi connectivity index (χ2n) is 4.68. The van der Waals surface area contributed by atoms with Crippen LogP contribution >= 0.6 is 0 Å². The molecule has 0 aliphatic rings. The van der Waals surface area contributed by atoms with E-state index in [1.807, 2.05) is 0 Å². The normalized spacial score (nSPS) is 11.7. The van der Waals surface area contributed by atoms with Crippen molar-refractivity contribution in [2.45, 2.75) is 12.8 Å². The maximum absolute atomic E-state index is 12.7. The minimum Gasteiger partial charge on any atom is -0.493 e. The smallest absolute Gasteiger partial charge is 0.416 e. The first-order valence-corrected chi connectivity index (χ1v) is 6.64. The van der Waals surface area contributed by atoms with Crippen LogP contribution in [0.25, 0.3) is 0 Å². The van der Waals surface area contributed by atoms with Crippen molar-refractivity contribution in [1.29, 1.82) is 0 Å². The van der Waals surface area contributed by atoms with Crippen molar-refractivity contribution in [1.82, 2.24) is 0 Å². The van der Waals surface area contributed by atoms with Crippen LogP contribution < -0.4 is 15.3 Å². The lowest BCUT2D eigenvalue weighted by molar-refractivity contribution is -0.137. The van der Waals surface area contributed by atoms with Gasteiger partial charge in [-0.2, -0.15) is 18.3 Å². The molecule has 0 atom stereocenters. The molecule has 0 amide bonds. The number of hydrogen-bond acceptors (Lipinski definition) is 4. The molecule has 0 unspecified atom stereocenters. The quantitative estimate of drug-likeness (QED) is 0.519. The highest BCUT2D eigenvalue weighted by molar-refractivity contribution is 5.80. The monoisotopic (exact) mass is 324 g/mol. The van der Waals surface area contributed by atoms with Gasteiger partial charge in [0.2, 0.25) is 0 Å². The topological polar surface area (TPSA) is 56.8 Å².